The Bertz CT molecular complexity index is 733. The van der Waals surface area contributed by atoms with E-state index in [1.54, 1.807) is 6.20 Å². The number of anilines is 3. The van der Waals surface area contributed by atoms with Crippen LogP contribution >= 0.6 is 0 Å². The van der Waals surface area contributed by atoms with Crippen molar-refractivity contribution < 1.29 is 0 Å². The zero-order valence-corrected chi connectivity index (χ0v) is 17.1. The molecule has 0 radical (unpaired) electrons. The van der Waals surface area contributed by atoms with Gasteiger partial charge in [0.2, 0.25) is 5.95 Å². The van der Waals surface area contributed by atoms with Crippen molar-refractivity contribution in [1.82, 2.24) is 15.2 Å². The summed E-state index contributed by atoms with van der Waals surface area (Å²) in [6, 6.07) is 6.57. The molecule has 2 heterocycles. The molecule has 0 spiro atoms. The van der Waals surface area contributed by atoms with Crippen LogP contribution < -0.4 is 14.7 Å². The van der Waals surface area contributed by atoms with E-state index in [0.29, 0.717) is 0 Å². The molecule has 1 fully saturated rings. The Labute approximate surface area is 163 Å². The normalized spacial score (nSPS) is 14.5. The summed E-state index contributed by atoms with van der Waals surface area (Å²) in [7, 11) is 0. The Morgan fingerprint density at radius 3 is 2.30 bits per heavy atom. The number of nitrogens with zero attached hydrogens (tertiary/aromatic N) is 6. The second-order valence-corrected chi connectivity index (χ2v) is 7.29. The molecular weight excluding hydrogens is 336 g/mol. The number of aryl methyl sites for hydroxylation is 1. The molecule has 0 amide bonds. The van der Waals surface area contributed by atoms with Gasteiger partial charge in [-0.3, -0.25) is 0 Å². The number of piperazine rings is 1. The molecule has 1 aromatic heterocycles. The second-order valence-electron chi connectivity index (χ2n) is 7.29. The van der Waals surface area contributed by atoms with Crippen LogP contribution in [0.2, 0.25) is 0 Å². The topological polar surface area (TPSA) is 48.4 Å². The van der Waals surface area contributed by atoms with E-state index in [9.17, 15) is 0 Å². The van der Waals surface area contributed by atoms with Crippen LogP contribution in [0, 0.1) is 13.8 Å². The van der Waals surface area contributed by atoms with Crippen LogP contribution in [-0.4, -0.2) is 54.4 Å². The van der Waals surface area contributed by atoms with Gasteiger partial charge in [-0.1, -0.05) is 26.0 Å². The lowest BCUT2D eigenvalue weighted by atomic mass is 10.1. The van der Waals surface area contributed by atoms with Crippen molar-refractivity contribution in [2.75, 3.05) is 54.0 Å². The SMILES string of the molecule is CCCN(CCC)c1nncc(N2CCN(c3cccc(C)c3C)CC2)n1. The Balaban J connectivity index is 1.69. The third-order valence-corrected chi connectivity index (χ3v) is 5.33. The summed E-state index contributed by atoms with van der Waals surface area (Å²) in [5.74, 6) is 1.70. The molecule has 0 N–H and O–H groups in total. The van der Waals surface area contributed by atoms with Gasteiger partial charge >= 0.3 is 0 Å². The van der Waals surface area contributed by atoms with E-state index in [0.717, 1.165) is 63.9 Å². The lowest BCUT2D eigenvalue weighted by Crippen LogP contribution is -2.47. The van der Waals surface area contributed by atoms with Crippen molar-refractivity contribution in [3.8, 4) is 0 Å². The van der Waals surface area contributed by atoms with Gasteiger partial charge in [0.15, 0.2) is 5.82 Å². The summed E-state index contributed by atoms with van der Waals surface area (Å²) in [6.45, 7) is 14.6. The molecule has 0 bridgehead atoms. The Morgan fingerprint density at radius 1 is 0.963 bits per heavy atom. The minimum absolute atomic E-state index is 0.758. The first-order chi connectivity index (χ1) is 13.1. The highest BCUT2D eigenvalue weighted by molar-refractivity contribution is 5.57. The predicted octanol–water partition coefficient (Wildman–Crippen LogP) is 3.44. The summed E-state index contributed by atoms with van der Waals surface area (Å²) in [5.41, 5.74) is 4.09. The van der Waals surface area contributed by atoms with Gasteiger partial charge in [-0.05, 0) is 43.9 Å². The van der Waals surface area contributed by atoms with Crippen LogP contribution in [0.3, 0.4) is 0 Å². The molecule has 0 atom stereocenters. The highest BCUT2D eigenvalue weighted by Crippen LogP contribution is 2.25. The number of aromatic nitrogens is 3. The van der Waals surface area contributed by atoms with E-state index in [2.05, 4.69) is 70.8 Å². The van der Waals surface area contributed by atoms with Crippen molar-refractivity contribution in [3.63, 3.8) is 0 Å². The fraction of sp³-hybridized carbons (Fsp3) is 0.571. The van der Waals surface area contributed by atoms with Crippen LogP contribution in [0.15, 0.2) is 24.4 Å². The number of hydrogen-bond acceptors (Lipinski definition) is 6. The standard InChI is InChI=1S/C21H32N6/c1-5-10-27(11-6-2)21-23-20(16-22-24-21)26-14-12-25(13-15-26)19-9-7-8-17(3)18(19)4/h7-9,16H,5-6,10-15H2,1-4H3. The van der Waals surface area contributed by atoms with Gasteiger partial charge in [0.25, 0.3) is 0 Å². The Morgan fingerprint density at radius 2 is 1.63 bits per heavy atom. The molecule has 0 unspecified atom stereocenters. The zero-order valence-electron chi connectivity index (χ0n) is 17.1. The maximum absolute atomic E-state index is 4.82. The summed E-state index contributed by atoms with van der Waals surface area (Å²) in [4.78, 5) is 11.9. The van der Waals surface area contributed by atoms with Gasteiger partial charge < -0.3 is 14.7 Å². The van der Waals surface area contributed by atoms with Crippen LogP contribution in [0.25, 0.3) is 0 Å². The van der Waals surface area contributed by atoms with Crippen molar-refractivity contribution >= 4 is 17.5 Å². The molecule has 1 saturated heterocycles. The monoisotopic (exact) mass is 368 g/mol. The van der Waals surface area contributed by atoms with Crippen LogP contribution in [0.1, 0.15) is 37.8 Å². The lowest BCUT2D eigenvalue weighted by molar-refractivity contribution is 0.639. The van der Waals surface area contributed by atoms with Crippen molar-refractivity contribution in [1.29, 1.82) is 0 Å². The molecule has 1 aliphatic heterocycles. The maximum atomic E-state index is 4.82. The number of rotatable bonds is 7. The molecule has 6 heteroatoms. The van der Waals surface area contributed by atoms with E-state index in [1.165, 1.54) is 16.8 Å². The van der Waals surface area contributed by atoms with Gasteiger partial charge in [-0.2, -0.15) is 10.1 Å². The molecule has 0 saturated carbocycles. The fourth-order valence-corrected chi connectivity index (χ4v) is 3.68. The van der Waals surface area contributed by atoms with E-state index < -0.39 is 0 Å². The summed E-state index contributed by atoms with van der Waals surface area (Å²) in [5, 5.41) is 8.52. The van der Waals surface area contributed by atoms with Crippen molar-refractivity contribution in [2.45, 2.75) is 40.5 Å². The molecule has 6 nitrogen and oxygen atoms in total. The summed E-state index contributed by atoms with van der Waals surface area (Å²) in [6.07, 6.45) is 3.97. The van der Waals surface area contributed by atoms with Crippen molar-refractivity contribution in [2.24, 2.45) is 0 Å². The molecule has 146 valence electrons. The second kappa shape index (κ2) is 9.02. The van der Waals surface area contributed by atoms with Crippen LogP contribution in [-0.2, 0) is 0 Å². The zero-order chi connectivity index (χ0) is 19.2. The van der Waals surface area contributed by atoms with Gasteiger partial charge in [0.05, 0.1) is 6.20 Å². The molecular formula is C21H32N6. The van der Waals surface area contributed by atoms with Gasteiger partial charge in [0.1, 0.15) is 0 Å². The van der Waals surface area contributed by atoms with Gasteiger partial charge in [-0.15, -0.1) is 5.10 Å². The quantitative estimate of drug-likeness (QED) is 0.746. The summed E-state index contributed by atoms with van der Waals surface area (Å²) < 4.78 is 0. The Hall–Kier alpha value is -2.37. The third kappa shape index (κ3) is 4.49. The van der Waals surface area contributed by atoms with E-state index >= 15 is 0 Å². The number of hydrogen-bond donors (Lipinski definition) is 0. The summed E-state index contributed by atoms with van der Waals surface area (Å²) >= 11 is 0. The molecule has 1 aromatic carbocycles. The third-order valence-electron chi connectivity index (χ3n) is 5.33. The molecule has 1 aliphatic rings. The van der Waals surface area contributed by atoms with Gasteiger partial charge in [-0.25, -0.2) is 0 Å². The van der Waals surface area contributed by atoms with Gasteiger partial charge in [0, 0.05) is 45.0 Å². The average molecular weight is 369 g/mol. The highest BCUT2D eigenvalue weighted by atomic mass is 15.4. The lowest BCUT2D eigenvalue weighted by Gasteiger charge is -2.37. The average Bonchev–Trinajstić information content (AvgIpc) is 2.70. The predicted molar refractivity (Wildman–Crippen MR) is 113 cm³/mol. The first-order valence-corrected chi connectivity index (χ1v) is 10.1. The van der Waals surface area contributed by atoms with E-state index in [4.69, 9.17) is 4.98 Å². The number of benzene rings is 1. The molecule has 3 rings (SSSR count). The Kier molecular flexibility index (Phi) is 6.48. The van der Waals surface area contributed by atoms with E-state index in [1.807, 2.05) is 0 Å². The smallest absolute Gasteiger partial charge is 0.247 e. The largest absolute Gasteiger partial charge is 0.368 e. The molecule has 0 aliphatic carbocycles. The maximum Gasteiger partial charge on any atom is 0.247 e. The fourth-order valence-electron chi connectivity index (χ4n) is 3.68. The van der Waals surface area contributed by atoms with Crippen molar-refractivity contribution in [3.05, 3.63) is 35.5 Å². The van der Waals surface area contributed by atoms with Crippen LogP contribution in [0.5, 0.6) is 0 Å². The molecule has 27 heavy (non-hydrogen) atoms. The minimum atomic E-state index is 0.758. The highest BCUT2D eigenvalue weighted by Gasteiger charge is 2.21. The molecule has 2 aromatic rings. The first-order valence-electron chi connectivity index (χ1n) is 10.1. The van der Waals surface area contributed by atoms with E-state index in [-0.39, 0.29) is 0 Å². The first kappa shape index (κ1) is 19.4. The minimum Gasteiger partial charge on any atom is -0.368 e. The van der Waals surface area contributed by atoms with Crippen LogP contribution in [0.4, 0.5) is 17.5 Å².